The highest BCUT2D eigenvalue weighted by Crippen LogP contribution is 2.32. The van der Waals surface area contributed by atoms with Crippen molar-refractivity contribution in [3.8, 4) is 0 Å². The summed E-state index contributed by atoms with van der Waals surface area (Å²) >= 11 is 0. The lowest BCUT2D eigenvalue weighted by molar-refractivity contribution is -0.135. The van der Waals surface area contributed by atoms with Crippen molar-refractivity contribution in [2.75, 3.05) is 33.7 Å². The van der Waals surface area contributed by atoms with Crippen LogP contribution < -0.4 is 0 Å². The topological polar surface area (TPSA) is 43.8 Å². The zero-order valence-corrected chi connectivity index (χ0v) is 12.4. The van der Waals surface area contributed by atoms with Gasteiger partial charge in [-0.05, 0) is 51.7 Å². The van der Waals surface area contributed by atoms with Crippen LogP contribution in [0.2, 0.25) is 0 Å². The van der Waals surface area contributed by atoms with Crippen molar-refractivity contribution in [1.82, 2.24) is 9.80 Å². The molecule has 0 spiro atoms. The van der Waals surface area contributed by atoms with E-state index in [1.807, 2.05) is 11.9 Å². The molecule has 0 bridgehead atoms. The molecule has 2 rings (SSSR count). The largest absolute Gasteiger partial charge is 0.389 e. The molecule has 1 N–H and O–H groups in total. The van der Waals surface area contributed by atoms with E-state index in [0.717, 1.165) is 45.3 Å². The Labute approximate surface area is 116 Å². The van der Waals surface area contributed by atoms with Crippen LogP contribution in [0, 0.1) is 5.92 Å². The minimum atomic E-state index is -0.710. The molecule has 1 heterocycles. The van der Waals surface area contributed by atoms with E-state index in [4.69, 9.17) is 0 Å². The van der Waals surface area contributed by atoms with Crippen LogP contribution in [0.15, 0.2) is 0 Å². The molecular weight excluding hydrogens is 240 g/mol. The van der Waals surface area contributed by atoms with Crippen molar-refractivity contribution in [2.24, 2.45) is 5.92 Å². The number of hydrogen-bond acceptors (Lipinski definition) is 3. The predicted molar refractivity (Wildman–Crippen MR) is 75.9 cm³/mol. The number of nitrogens with zero attached hydrogens (tertiary/aromatic N) is 2. The first-order valence-corrected chi connectivity index (χ1v) is 7.63. The molecule has 0 aromatic carbocycles. The summed E-state index contributed by atoms with van der Waals surface area (Å²) in [5, 5.41) is 10.3. The van der Waals surface area contributed by atoms with Gasteiger partial charge in [-0.15, -0.1) is 0 Å². The smallest absolute Gasteiger partial charge is 0.225 e. The Balaban J connectivity index is 1.76. The molecule has 110 valence electrons. The van der Waals surface area contributed by atoms with Gasteiger partial charge in [0.25, 0.3) is 0 Å². The Morgan fingerprint density at radius 3 is 2.47 bits per heavy atom. The van der Waals surface area contributed by atoms with Gasteiger partial charge in [-0.25, -0.2) is 0 Å². The Morgan fingerprint density at radius 1 is 1.32 bits per heavy atom. The van der Waals surface area contributed by atoms with Crippen LogP contribution in [0.3, 0.4) is 0 Å². The number of carbonyl (C=O) groups is 1. The lowest BCUT2D eigenvalue weighted by Crippen LogP contribution is -2.40. The number of rotatable bonds is 4. The molecule has 1 aliphatic heterocycles. The lowest BCUT2D eigenvalue weighted by atomic mass is 9.95. The minimum Gasteiger partial charge on any atom is -0.389 e. The van der Waals surface area contributed by atoms with E-state index in [1.54, 1.807) is 0 Å². The van der Waals surface area contributed by atoms with Crippen LogP contribution >= 0.6 is 0 Å². The molecule has 1 aliphatic carbocycles. The van der Waals surface area contributed by atoms with Crippen molar-refractivity contribution >= 4 is 5.91 Å². The molecule has 0 aromatic heterocycles. The third kappa shape index (κ3) is 4.18. The first-order chi connectivity index (χ1) is 8.98. The van der Waals surface area contributed by atoms with Crippen LogP contribution in [0.1, 0.15) is 44.9 Å². The van der Waals surface area contributed by atoms with E-state index in [2.05, 4.69) is 11.9 Å². The lowest BCUT2D eigenvalue weighted by Gasteiger charge is -2.32. The number of aliphatic hydroxyl groups is 1. The number of likely N-dealkylation sites (tertiary alicyclic amines) is 1. The summed E-state index contributed by atoms with van der Waals surface area (Å²) in [5.41, 5.74) is -0.710. The maximum absolute atomic E-state index is 12.2. The highest BCUT2D eigenvalue weighted by atomic mass is 16.3. The molecule has 1 saturated carbocycles. The Hall–Kier alpha value is -0.610. The summed E-state index contributed by atoms with van der Waals surface area (Å²) in [4.78, 5) is 16.4. The van der Waals surface area contributed by atoms with Gasteiger partial charge in [-0.2, -0.15) is 0 Å². The molecule has 2 fully saturated rings. The fourth-order valence-electron chi connectivity index (χ4n) is 3.36. The van der Waals surface area contributed by atoms with Crippen LogP contribution in [0.5, 0.6) is 0 Å². The van der Waals surface area contributed by atoms with Gasteiger partial charge in [0.15, 0.2) is 0 Å². The van der Waals surface area contributed by atoms with E-state index >= 15 is 0 Å². The standard InChI is InChI=1S/C15H28N2O2/c1-16-9-5-13(6-10-16)12-17(2)14(18)11-15(19)7-3-4-8-15/h13,19H,3-12H2,1-2H3. The molecule has 1 amide bonds. The molecule has 0 radical (unpaired) electrons. The van der Waals surface area contributed by atoms with Gasteiger partial charge in [0, 0.05) is 13.6 Å². The fourth-order valence-corrected chi connectivity index (χ4v) is 3.36. The highest BCUT2D eigenvalue weighted by Gasteiger charge is 2.34. The second-order valence-electron chi connectivity index (χ2n) is 6.63. The Morgan fingerprint density at radius 2 is 1.89 bits per heavy atom. The third-order valence-electron chi connectivity index (χ3n) is 4.81. The van der Waals surface area contributed by atoms with Crippen LogP contribution in [0.25, 0.3) is 0 Å². The van der Waals surface area contributed by atoms with E-state index in [0.29, 0.717) is 12.3 Å². The number of hydrogen-bond donors (Lipinski definition) is 1. The van der Waals surface area contributed by atoms with E-state index in [9.17, 15) is 9.90 Å². The van der Waals surface area contributed by atoms with Crippen molar-refractivity contribution < 1.29 is 9.90 Å². The highest BCUT2D eigenvalue weighted by molar-refractivity contribution is 5.77. The third-order valence-corrected chi connectivity index (χ3v) is 4.81. The molecule has 4 heteroatoms. The van der Waals surface area contributed by atoms with E-state index < -0.39 is 5.60 Å². The van der Waals surface area contributed by atoms with Gasteiger partial charge in [0.1, 0.15) is 0 Å². The molecule has 0 unspecified atom stereocenters. The number of piperidine rings is 1. The maximum Gasteiger partial charge on any atom is 0.225 e. The molecule has 19 heavy (non-hydrogen) atoms. The zero-order valence-electron chi connectivity index (χ0n) is 12.4. The number of amides is 1. The summed E-state index contributed by atoms with van der Waals surface area (Å²) < 4.78 is 0. The Bertz CT molecular complexity index is 305. The monoisotopic (exact) mass is 268 g/mol. The average Bonchev–Trinajstić information content (AvgIpc) is 2.78. The molecule has 2 aliphatic rings. The first kappa shape index (κ1) is 14.8. The maximum atomic E-state index is 12.2. The number of carbonyl (C=O) groups excluding carboxylic acids is 1. The SMILES string of the molecule is CN1CCC(CN(C)C(=O)CC2(O)CCCC2)CC1. The van der Waals surface area contributed by atoms with Crippen LogP contribution in [-0.2, 0) is 4.79 Å². The molecular formula is C15H28N2O2. The van der Waals surface area contributed by atoms with E-state index in [1.165, 1.54) is 12.8 Å². The van der Waals surface area contributed by atoms with Crippen molar-refractivity contribution in [3.63, 3.8) is 0 Å². The Kier molecular flexibility index (Phi) is 4.85. The van der Waals surface area contributed by atoms with Crippen molar-refractivity contribution in [3.05, 3.63) is 0 Å². The van der Waals surface area contributed by atoms with E-state index in [-0.39, 0.29) is 5.91 Å². The summed E-state index contributed by atoms with van der Waals surface area (Å²) in [6.07, 6.45) is 6.37. The molecule has 4 nitrogen and oxygen atoms in total. The molecule has 0 aromatic rings. The van der Waals surface area contributed by atoms with Gasteiger partial charge in [-0.3, -0.25) is 4.79 Å². The summed E-state index contributed by atoms with van der Waals surface area (Å²) in [7, 11) is 4.04. The van der Waals surface area contributed by atoms with Gasteiger partial charge >= 0.3 is 0 Å². The zero-order chi connectivity index (χ0) is 13.9. The first-order valence-electron chi connectivity index (χ1n) is 7.63. The van der Waals surface area contributed by atoms with Crippen LogP contribution in [-0.4, -0.2) is 60.1 Å². The van der Waals surface area contributed by atoms with Gasteiger partial charge in [0.05, 0.1) is 12.0 Å². The fraction of sp³-hybridized carbons (Fsp3) is 0.933. The summed E-state index contributed by atoms with van der Waals surface area (Å²) in [5.74, 6) is 0.742. The quantitative estimate of drug-likeness (QED) is 0.840. The van der Waals surface area contributed by atoms with Crippen molar-refractivity contribution in [1.29, 1.82) is 0 Å². The van der Waals surface area contributed by atoms with Gasteiger partial charge < -0.3 is 14.9 Å². The van der Waals surface area contributed by atoms with Gasteiger partial charge in [0.2, 0.25) is 5.91 Å². The minimum absolute atomic E-state index is 0.114. The second-order valence-corrected chi connectivity index (χ2v) is 6.63. The molecule has 1 saturated heterocycles. The second kappa shape index (κ2) is 6.23. The predicted octanol–water partition coefficient (Wildman–Crippen LogP) is 1.48. The molecule has 0 atom stereocenters. The van der Waals surface area contributed by atoms with Crippen LogP contribution in [0.4, 0.5) is 0 Å². The van der Waals surface area contributed by atoms with Gasteiger partial charge in [-0.1, -0.05) is 12.8 Å². The van der Waals surface area contributed by atoms with Crippen molar-refractivity contribution in [2.45, 2.75) is 50.5 Å². The normalized spacial score (nSPS) is 24.6. The summed E-state index contributed by atoms with van der Waals surface area (Å²) in [6, 6.07) is 0. The average molecular weight is 268 g/mol. The summed E-state index contributed by atoms with van der Waals surface area (Å²) in [6.45, 7) is 3.12.